The third-order valence-corrected chi connectivity index (χ3v) is 4.23. The predicted molar refractivity (Wildman–Crippen MR) is 80.7 cm³/mol. The average Bonchev–Trinajstić information content (AvgIpc) is 3.07. The number of carbonyl (C=O) groups is 1. The molecule has 0 saturated heterocycles. The van der Waals surface area contributed by atoms with Gasteiger partial charge in [-0.05, 0) is 19.1 Å². The number of anilines is 1. The second kappa shape index (κ2) is 4.05. The number of rotatable bonds is 1. The van der Waals surface area contributed by atoms with E-state index in [0.29, 0.717) is 5.57 Å². The third-order valence-electron chi connectivity index (χ3n) is 3.47. The van der Waals surface area contributed by atoms with Crippen LogP contribution in [-0.4, -0.2) is 15.3 Å². The number of benzene rings is 1. The molecule has 4 rings (SSSR count). The molecule has 0 saturated carbocycles. The van der Waals surface area contributed by atoms with Crippen LogP contribution >= 0.6 is 11.3 Å². The summed E-state index contributed by atoms with van der Waals surface area (Å²) in [5.74, 6) is -0.0595. The fraction of sp³-hybridized carbons (Fsp3) is 0.0667. The molecule has 3 aromatic rings. The summed E-state index contributed by atoms with van der Waals surface area (Å²) in [6.07, 6.45) is 3.90. The fourth-order valence-corrected chi connectivity index (χ4v) is 3.27. The first-order valence-electron chi connectivity index (χ1n) is 6.28. The highest BCUT2D eigenvalue weighted by Crippen LogP contribution is 2.33. The summed E-state index contributed by atoms with van der Waals surface area (Å²) in [6.45, 7) is 1.96. The van der Waals surface area contributed by atoms with Crippen LogP contribution in [0.25, 0.3) is 16.6 Å². The minimum absolute atomic E-state index is 0.0595. The molecule has 0 radical (unpaired) electrons. The van der Waals surface area contributed by atoms with Gasteiger partial charge in [0.2, 0.25) is 0 Å². The van der Waals surface area contributed by atoms with Gasteiger partial charge in [0.05, 0.1) is 17.0 Å². The zero-order chi connectivity index (χ0) is 13.7. The summed E-state index contributed by atoms with van der Waals surface area (Å²) in [7, 11) is 0. The largest absolute Gasteiger partial charge is 0.321 e. The quantitative estimate of drug-likeness (QED) is 0.696. The number of amides is 1. The van der Waals surface area contributed by atoms with Crippen molar-refractivity contribution in [1.82, 2.24) is 9.38 Å². The molecule has 1 aliphatic rings. The van der Waals surface area contributed by atoms with Crippen molar-refractivity contribution in [3.05, 3.63) is 52.8 Å². The maximum absolute atomic E-state index is 12.1. The molecule has 0 atom stereocenters. The number of thiazole rings is 1. The molecule has 0 fully saturated rings. The third kappa shape index (κ3) is 1.53. The van der Waals surface area contributed by atoms with Crippen LogP contribution in [0.5, 0.6) is 0 Å². The molecule has 4 nitrogen and oxygen atoms in total. The second-order valence-corrected chi connectivity index (χ2v) is 5.57. The van der Waals surface area contributed by atoms with Crippen LogP contribution in [-0.2, 0) is 4.79 Å². The van der Waals surface area contributed by atoms with Gasteiger partial charge >= 0.3 is 0 Å². The second-order valence-electron chi connectivity index (χ2n) is 4.70. The standard InChI is InChI=1S/C15H11N3OS/c1-9-13(18-6-7-20-15(18)16-9)8-11-10-4-2-3-5-12(10)17-14(11)19/h2-8H,1H3,(H,17,19)/b11-8+. The maximum Gasteiger partial charge on any atom is 0.256 e. The molecule has 98 valence electrons. The lowest BCUT2D eigenvalue weighted by atomic mass is 10.1. The van der Waals surface area contributed by atoms with Gasteiger partial charge in [0.15, 0.2) is 4.96 Å². The van der Waals surface area contributed by atoms with Crippen LogP contribution in [0.15, 0.2) is 35.8 Å². The molecule has 1 aliphatic heterocycles. The van der Waals surface area contributed by atoms with E-state index in [2.05, 4.69) is 10.3 Å². The van der Waals surface area contributed by atoms with Gasteiger partial charge in [0, 0.05) is 22.8 Å². The highest BCUT2D eigenvalue weighted by molar-refractivity contribution is 7.15. The van der Waals surface area contributed by atoms with Crippen molar-refractivity contribution >= 4 is 39.5 Å². The number of fused-ring (bicyclic) bond motifs is 2. The Kier molecular flexibility index (Phi) is 2.31. The molecule has 0 unspecified atom stereocenters. The fourth-order valence-electron chi connectivity index (χ4n) is 2.50. The first kappa shape index (κ1) is 11.4. The molecule has 3 heterocycles. The number of aromatic nitrogens is 2. The molecule has 0 bridgehead atoms. The Labute approximate surface area is 119 Å². The van der Waals surface area contributed by atoms with Crippen molar-refractivity contribution in [1.29, 1.82) is 0 Å². The van der Waals surface area contributed by atoms with E-state index in [9.17, 15) is 4.79 Å². The summed E-state index contributed by atoms with van der Waals surface area (Å²) in [5, 5.41) is 4.88. The van der Waals surface area contributed by atoms with Crippen molar-refractivity contribution in [3.8, 4) is 0 Å². The van der Waals surface area contributed by atoms with Crippen LogP contribution in [0.2, 0.25) is 0 Å². The van der Waals surface area contributed by atoms with Gasteiger partial charge in [0.25, 0.3) is 5.91 Å². The van der Waals surface area contributed by atoms with E-state index in [0.717, 1.165) is 27.6 Å². The normalized spacial score (nSPS) is 15.8. The SMILES string of the molecule is Cc1nc2sccn2c1/C=C1/C(=O)Nc2ccccc21. The summed E-state index contributed by atoms with van der Waals surface area (Å²) in [5.41, 5.74) is 4.40. The van der Waals surface area contributed by atoms with Crippen molar-refractivity contribution in [2.45, 2.75) is 6.92 Å². The van der Waals surface area contributed by atoms with E-state index in [1.807, 2.05) is 53.2 Å². The lowest BCUT2D eigenvalue weighted by Crippen LogP contribution is -2.03. The summed E-state index contributed by atoms with van der Waals surface area (Å²) < 4.78 is 2.02. The monoisotopic (exact) mass is 281 g/mol. The topological polar surface area (TPSA) is 46.4 Å². The first-order chi connectivity index (χ1) is 9.74. The Morgan fingerprint density at radius 1 is 1.35 bits per heavy atom. The van der Waals surface area contributed by atoms with E-state index in [1.165, 1.54) is 0 Å². The number of aryl methyl sites for hydroxylation is 1. The summed E-state index contributed by atoms with van der Waals surface area (Å²) >= 11 is 1.59. The van der Waals surface area contributed by atoms with Crippen molar-refractivity contribution in [2.75, 3.05) is 5.32 Å². The molecule has 20 heavy (non-hydrogen) atoms. The zero-order valence-corrected chi connectivity index (χ0v) is 11.6. The van der Waals surface area contributed by atoms with Gasteiger partial charge in [-0.25, -0.2) is 4.98 Å². The minimum atomic E-state index is -0.0595. The van der Waals surface area contributed by atoms with E-state index >= 15 is 0 Å². The molecule has 1 amide bonds. The molecule has 1 aromatic carbocycles. The number of hydrogen-bond acceptors (Lipinski definition) is 3. The highest BCUT2D eigenvalue weighted by Gasteiger charge is 2.24. The molecule has 2 aromatic heterocycles. The van der Waals surface area contributed by atoms with Crippen LogP contribution in [0.3, 0.4) is 0 Å². The minimum Gasteiger partial charge on any atom is -0.321 e. The predicted octanol–water partition coefficient (Wildman–Crippen LogP) is 3.20. The molecule has 0 spiro atoms. The van der Waals surface area contributed by atoms with E-state index in [1.54, 1.807) is 11.3 Å². The van der Waals surface area contributed by atoms with Gasteiger partial charge in [-0.3, -0.25) is 9.20 Å². The van der Waals surface area contributed by atoms with Crippen molar-refractivity contribution in [3.63, 3.8) is 0 Å². The number of hydrogen-bond donors (Lipinski definition) is 1. The Morgan fingerprint density at radius 3 is 3.10 bits per heavy atom. The van der Waals surface area contributed by atoms with Crippen molar-refractivity contribution in [2.24, 2.45) is 0 Å². The number of imidazole rings is 1. The Morgan fingerprint density at radius 2 is 2.20 bits per heavy atom. The molecular formula is C15H11N3OS. The molecular weight excluding hydrogens is 270 g/mol. The van der Waals surface area contributed by atoms with Gasteiger partial charge in [-0.15, -0.1) is 11.3 Å². The average molecular weight is 281 g/mol. The van der Waals surface area contributed by atoms with E-state index < -0.39 is 0 Å². The number of para-hydroxylation sites is 1. The number of nitrogens with zero attached hydrogens (tertiary/aromatic N) is 2. The first-order valence-corrected chi connectivity index (χ1v) is 7.16. The van der Waals surface area contributed by atoms with Gasteiger partial charge < -0.3 is 5.32 Å². The van der Waals surface area contributed by atoms with Crippen LogP contribution in [0, 0.1) is 6.92 Å². The lowest BCUT2D eigenvalue weighted by Gasteiger charge is -1.98. The van der Waals surface area contributed by atoms with E-state index in [4.69, 9.17) is 0 Å². The Balaban J connectivity index is 1.94. The number of carbonyl (C=O) groups excluding carboxylic acids is 1. The molecule has 1 N–H and O–H groups in total. The Bertz CT molecular complexity index is 872. The summed E-state index contributed by atoms with van der Waals surface area (Å²) in [4.78, 5) is 17.6. The van der Waals surface area contributed by atoms with Crippen LogP contribution in [0.1, 0.15) is 17.0 Å². The molecule has 0 aliphatic carbocycles. The number of nitrogens with one attached hydrogen (secondary N) is 1. The highest BCUT2D eigenvalue weighted by atomic mass is 32.1. The zero-order valence-electron chi connectivity index (χ0n) is 10.8. The van der Waals surface area contributed by atoms with Gasteiger partial charge in [0.1, 0.15) is 0 Å². The van der Waals surface area contributed by atoms with Gasteiger partial charge in [-0.1, -0.05) is 18.2 Å². The lowest BCUT2D eigenvalue weighted by molar-refractivity contribution is -0.110. The van der Waals surface area contributed by atoms with E-state index in [-0.39, 0.29) is 5.91 Å². The van der Waals surface area contributed by atoms with Crippen LogP contribution in [0.4, 0.5) is 5.69 Å². The molecule has 5 heteroatoms. The summed E-state index contributed by atoms with van der Waals surface area (Å²) in [6, 6.07) is 7.73. The smallest absolute Gasteiger partial charge is 0.256 e. The van der Waals surface area contributed by atoms with Gasteiger partial charge in [-0.2, -0.15) is 0 Å². The van der Waals surface area contributed by atoms with Crippen LogP contribution < -0.4 is 5.32 Å². The van der Waals surface area contributed by atoms with Crippen molar-refractivity contribution < 1.29 is 4.79 Å². The maximum atomic E-state index is 12.1. The Hall–Kier alpha value is -2.40.